The maximum atomic E-state index is 13.3. The first-order chi connectivity index (χ1) is 14.9. The van der Waals surface area contributed by atoms with Crippen molar-refractivity contribution in [1.29, 1.82) is 0 Å². The number of benzene rings is 2. The maximum Gasteiger partial charge on any atom is 0.356 e. The number of rotatable bonds is 7. The maximum absolute atomic E-state index is 13.3. The molecule has 9 heteroatoms. The van der Waals surface area contributed by atoms with Gasteiger partial charge in [-0.2, -0.15) is 0 Å². The topological polar surface area (TPSA) is 88.8 Å². The van der Waals surface area contributed by atoms with Gasteiger partial charge in [0.15, 0.2) is 5.69 Å². The van der Waals surface area contributed by atoms with Crippen LogP contribution in [0.5, 0.6) is 11.5 Å². The van der Waals surface area contributed by atoms with E-state index in [1.54, 1.807) is 85.3 Å². The molecule has 0 aliphatic carbocycles. The van der Waals surface area contributed by atoms with Crippen molar-refractivity contribution in [2.24, 2.45) is 0 Å². The molecule has 0 fully saturated rings. The van der Waals surface area contributed by atoms with Gasteiger partial charge < -0.3 is 14.2 Å². The number of aromatic nitrogens is 2. The summed E-state index contributed by atoms with van der Waals surface area (Å²) < 4.78 is 17.6. The minimum absolute atomic E-state index is 0.0573. The Balaban J connectivity index is 2.12. The second-order valence-electron chi connectivity index (χ2n) is 6.61. The van der Waals surface area contributed by atoms with E-state index in [4.69, 9.17) is 14.2 Å². The first kappa shape index (κ1) is 22.6. The highest BCUT2D eigenvalue weighted by Gasteiger charge is 2.23. The van der Waals surface area contributed by atoms with Crippen molar-refractivity contribution < 1.29 is 19.0 Å². The Bertz CT molecular complexity index is 1200. The lowest BCUT2D eigenvalue weighted by Gasteiger charge is -2.16. The van der Waals surface area contributed by atoms with Crippen LogP contribution in [0.1, 0.15) is 21.6 Å². The van der Waals surface area contributed by atoms with Gasteiger partial charge in [0, 0.05) is 0 Å². The van der Waals surface area contributed by atoms with Gasteiger partial charge in [-0.3, -0.25) is 13.9 Å². The number of methoxy groups -OCH3 is 3. The monoisotopic (exact) mass is 536 g/mol. The fourth-order valence-corrected chi connectivity index (χ4v) is 3.88. The van der Waals surface area contributed by atoms with Crippen molar-refractivity contribution in [3.8, 4) is 11.5 Å². The van der Waals surface area contributed by atoms with Crippen molar-refractivity contribution in [2.45, 2.75) is 13.1 Å². The molecule has 0 spiro atoms. The van der Waals surface area contributed by atoms with Gasteiger partial charge in [0.05, 0.1) is 34.4 Å². The number of ether oxygens (including phenoxy) is 3. The van der Waals surface area contributed by atoms with Crippen LogP contribution in [0.4, 0.5) is 0 Å². The Kier molecular flexibility index (Phi) is 7.16. The predicted molar refractivity (Wildman–Crippen MR) is 123 cm³/mol. The molecule has 0 aliphatic heterocycles. The molecule has 8 nitrogen and oxygen atoms in total. The molecule has 0 radical (unpaired) electrons. The van der Waals surface area contributed by atoms with Crippen LogP contribution in [0, 0.1) is 3.57 Å². The van der Waals surface area contributed by atoms with Crippen LogP contribution in [-0.4, -0.2) is 36.4 Å². The van der Waals surface area contributed by atoms with E-state index in [9.17, 15) is 14.4 Å². The van der Waals surface area contributed by atoms with Crippen molar-refractivity contribution in [1.82, 2.24) is 9.13 Å². The summed E-state index contributed by atoms with van der Waals surface area (Å²) >= 11 is 1.79. The predicted octanol–water partition coefficient (Wildman–Crippen LogP) is 2.52. The molecule has 162 valence electrons. The van der Waals surface area contributed by atoms with Gasteiger partial charge in [0.2, 0.25) is 0 Å². The fourth-order valence-electron chi connectivity index (χ4n) is 3.08. The Morgan fingerprint density at radius 1 is 0.806 bits per heavy atom. The highest BCUT2D eigenvalue weighted by atomic mass is 127. The molecular weight excluding hydrogens is 515 g/mol. The first-order valence-corrected chi connectivity index (χ1v) is 10.3. The van der Waals surface area contributed by atoms with Gasteiger partial charge >= 0.3 is 11.7 Å². The van der Waals surface area contributed by atoms with Crippen molar-refractivity contribution in [2.75, 3.05) is 21.3 Å². The average Bonchev–Trinajstić information content (AvgIpc) is 2.80. The molecule has 1 aromatic heterocycles. The summed E-state index contributed by atoms with van der Waals surface area (Å²) in [5.41, 5.74) is 0.293. The lowest BCUT2D eigenvalue weighted by atomic mass is 10.2. The van der Waals surface area contributed by atoms with Crippen LogP contribution in [0.15, 0.2) is 58.1 Å². The normalized spacial score (nSPS) is 10.6. The minimum Gasteiger partial charge on any atom is -0.497 e. The molecular formula is C22H21IN2O6. The van der Waals surface area contributed by atoms with E-state index in [-0.39, 0.29) is 22.4 Å². The van der Waals surface area contributed by atoms with Crippen LogP contribution in [0.2, 0.25) is 0 Å². The number of carbonyl (C=O) groups excluding carboxylic acids is 1. The van der Waals surface area contributed by atoms with E-state index in [0.717, 1.165) is 15.7 Å². The van der Waals surface area contributed by atoms with Gasteiger partial charge in [-0.1, -0.05) is 24.3 Å². The molecule has 0 bridgehead atoms. The number of carbonyl (C=O) groups is 1. The van der Waals surface area contributed by atoms with Gasteiger partial charge in [-0.15, -0.1) is 0 Å². The average molecular weight is 536 g/mol. The molecule has 31 heavy (non-hydrogen) atoms. The second-order valence-corrected chi connectivity index (χ2v) is 7.69. The molecule has 2 aromatic carbocycles. The van der Waals surface area contributed by atoms with Gasteiger partial charge in [-0.25, -0.2) is 9.59 Å². The van der Waals surface area contributed by atoms with Crippen LogP contribution < -0.4 is 20.7 Å². The Morgan fingerprint density at radius 3 is 1.68 bits per heavy atom. The number of hydrogen-bond donors (Lipinski definition) is 0. The molecule has 1 heterocycles. The largest absolute Gasteiger partial charge is 0.497 e. The summed E-state index contributed by atoms with van der Waals surface area (Å²) in [5.74, 6) is 0.593. The second kappa shape index (κ2) is 9.82. The smallest absolute Gasteiger partial charge is 0.356 e. The molecule has 0 saturated heterocycles. The highest BCUT2D eigenvalue weighted by Crippen LogP contribution is 2.15. The van der Waals surface area contributed by atoms with E-state index < -0.39 is 17.2 Å². The summed E-state index contributed by atoms with van der Waals surface area (Å²) in [5, 5.41) is 0. The molecule has 3 rings (SSSR count). The first-order valence-electron chi connectivity index (χ1n) is 9.27. The van der Waals surface area contributed by atoms with Crippen LogP contribution >= 0.6 is 22.6 Å². The highest BCUT2D eigenvalue weighted by molar-refractivity contribution is 14.1. The molecule has 0 N–H and O–H groups in total. The van der Waals surface area contributed by atoms with Gasteiger partial charge in [-0.05, 0) is 58.0 Å². The van der Waals surface area contributed by atoms with Crippen molar-refractivity contribution in [3.05, 3.63) is 89.8 Å². The molecule has 0 unspecified atom stereocenters. The summed E-state index contributed by atoms with van der Waals surface area (Å²) in [6.45, 7) is 0.147. The zero-order valence-corrected chi connectivity index (χ0v) is 19.4. The third kappa shape index (κ3) is 4.82. The van der Waals surface area contributed by atoms with Crippen LogP contribution in [0.25, 0.3) is 0 Å². The molecule has 0 amide bonds. The van der Waals surface area contributed by atoms with Crippen molar-refractivity contribution in [3.63, 3.8) is 0 Å². The lowest BCUT2D eigenvalue weighted by Crippen LogP contribution is -2.44. The van der Waals surface area contributed by atoms with Gasteiger partial charge in [0.25, 0.3) is 5.56 Å². The fraction of sp³-hybridized carbons (Fsp3) is 0.227. The number of halogens is 1. The minimum atomic E-state index is -0.747. The summed E-state index contributed by atoms with van der Waals surface area (Å²) in [7, 11) is 4.33. The molecule has 0 aliphatic rings. The van der Waals surface area contributed by atoms with Crippen LogP contribution in [0.3, 0.4) is 0 Å². The zero-order chi connectivity index (χ0) is 22.5. The Hall–Kier alpha value is -3.08. The van der Waals surface area contributed by atoms with E-state index in [1.807, 2.05) is 0 Å². The number of esters is 1. The third-order valence-electron chi connectivity index (χ3n) is 4.75. The standard InChI is InChI=1S/C22H21IN2O6/c1-29-16-8-4-14(5-9-16)12-24-19(21(27)31-3)18(23)20(26)25(22(24)28)13-15-6-10-17(30-2)11-7-15/h4-11H,12-13H2,1-3H3. The molecule has 0 atom stereocenters. The lowest BCUT2D eigenvalue weighted by molar-refractivity contribution is 0.0584. The number of hydrogen-bond acceptors (Lipinski definition) is 6. The Labute approximate surface area is 192 Å². The quantitative estimate of drug-likeness (QED) is 0.341. The number of nitrogens with zero attached hydrogens (tertiary/aromatic N) is 2. The van der Waals surface area contributed by atoms with E-state index in [0.29, 0.717) is 11.5 Å². The SMILES string of the molecule is COC(=O)c1c(I)c(=O)n(Cc2ccc(OC)cc2)c(=O)n1Cc1ccc(OC)cc1. The summed E-state index contributed by atoms with van der Waals surface area (Å²) in [6, 6.07) is 14.2. The van der Waals surface area contributed by atoms with Gasteiger partial charge in [0.1, 0.15) is 15.1 Å². The van der Waals surface area contributed by atoms with E-state index in [2.05, 4.69) is 0 Å². The third-order valence-corrected chi connectivity index (χ3v) is 5.72. The summed E-state index contributed by atoms with van der Waals surface area (Å²) in [4.78, 5) is 38.7. The Morgan fingerprint density at radius 2 is 1.26 bits per heavy atom. The van der Waals surface area contributed by atoms with Crippen molar-refractivity contribution >= 4 is 28.6 Å². The molecule has 3 aromatic rings. The van der Waals surface area contributed by atoms with E-state index in [1.165, 1.54) is 11.7 Å². The van der Waals surface area contributed by atoms with Crippen LogP contribution in [-0.2, 0) is 17.8 Å². The summed E-state index contributed by atoms with van der Waals surface area (Å²) in [6.07, 6.45) is 0. The molecule has 0 saturated carbocycles. The zero-order valence-electron chi connectivity index (χ0n) is 17.3. The van der Waals surface area contributed by atoms with E-state index >= 15 is 0 Å².